The molecule has 0 spiro atoms. The average Bonchev–Trinajstić information content (AvgIpc) is 3.13. The third kappa shape index (κ3) is 3.78. The number of carboxylic acid groups (broad SMARTS) is 1. The Hall–Kier alpha value is -3.16. The third-order valence-corrected chi connectivity index (χ3v) is 6.18. The lowest BCUT2D eigenvalue weighted by molar-refractivity contribution is -0.151. The largest absolute Gasteiger partial charge is 0.480 e. The van der Waals surface area contributed by atoms with Crippen LogP contribution < -0.4 is 10.9 Å². The lowest BCUT2D eigenvalue weighted by Gasteiger charge is -2.18. The van der Waals surface area contributed by atoms with Gasteiger partial charge in [-0.2, -0.15) is 0 Å². The van der Waals surface area contributed by atoms with Crippen LogP contribution >= 0.6 is 23.2 Å². The number of carbonyl (C=O) groups is 2. The molecule has 0 fully saturated rings. The molecule has 0 atom stereocenters. The SMILES string of the molecule is CC(C)(C(=O)O)C(=O)Nc1ccc2c(=O)n3c(nc2c1)/C(=C/c1c(Cl)cccc1Cl)CC3. The van der Waals surface area contributed by atoms with Gasteiger partial charge in [-0.25, -0.2) is 4.98 Å². The van der Waals surface area contributed by atoms with Crippen molar-refractivity contribution >= 4 is 63.3 Å². The summed E-state index contributed by atoms with van der Waals surface area (Å²) < 4.78 is 1.60. The van der Waals surface area contributed by atoms with Crippen LogP contribution in [-0.4, -0.2) is 26.5 Å². The van der Waals surface area contributed by atoms with E-state index in [4.69, 9.17) is 23.2 Å². The highest BCUT2D eigenvalue weighted by atomic mass is 35.5. The first-order valence-electron chi connectivity index (χ1n) is 9.84. The van der Waals surface area contributed by atoms with Crippen molar-refractivity contribution in [2.24, 2.45) is 5.41 Å². The molecule has 1 aromatic heterocycles. The zero-order valence-corrected chi connectivity index (χ0v) is 18.8. The van der Waals surface area contributed by atoms with Gasteiger partial charge in [0, 0.05) is 27.8 Å². The molecule has 164 valence electrons. The number of halogens is 2. The first-order chi connectivity index (χ1) is 15.1. The van der Waals surface area contributed by atoms with Gasteiger partial charge < -0.3 is 10.4 Å². The van der Waals surface area contributed by atoms with E-state index in [1.54, 1.807) is 41.0 Å². The van der Waals surface area contributed by atoms with Gasteiger partial charge in [-0.3, -0.25) is 19.0 Å². The van der Waals surface area contributed by atoms with E-state index < -0.39 is 17.3 Å². The number of nitrogens with zero attached hydrogens (tertiary/aromatic N) is 2. The van der Waals surface area contributed by atoms with Crippen LogP contribution in [0.1, 0.15) is 31.7 Å². The number of rotatable bonds is 4. The minimum absolute atomic E-state index is 0.192. The number of fused-ring (bicyclic) bond motifs is 2. The summed E-state index contributed by atoms with van der Waals surface area (Å²) in [4.78, 5) is 41.4. The van der Waals surface area contributed by atoms with Gasteiger partial charge in [0.1, 0.15) is 11.2 Å². The van der Waals surface area contributed by atoms with Gasteiger partial charge in [-0.15, -0.1) is 0 Å². The molecule has 1 aliphatic heterocycles. The molecule has 0 saturated carbocycles. The van der Waals surface area contributed by atoms with Crippen LogP contribution in [0.25, 0.3) is 22.6 Å². The number of aromatic nitrogens is 2. The summed E-state index contributed by atoms with van der Waals surface area (Å²) in [6.07, 6.45) is 2.43. The number of carbonyl (C=O) groups excluding carboxylic acids is 1. The van der Waals surface area contributed by atoms with Crippen molar-refractivity contribution in [1.29, 1.82) is 0 Å². The van der Waals surface area contributed by atoms with Gasteiger partial charge in [0.05, 0.1) is 10.9 Å². The van der Waals surface area contributed by atoms with Gasteiger partial charge in [-0.05, 0) is 62.2 Å². The van der Waals surface area contributed by atoms with Crippen molar-refractivity contribution in [3.05, 3.63) is 68.2 Å². The zero-order chi connectivity index (χ0) is 23.2. The Labute approximate surface area is 193 Å². The smallest absolute Gasteiger partial charge is 0.318 e. The van der Waals surface area contributed by atoms with Crippen LogP contribution in [0.4, 0.5) is 5.69 Å². The van der Waals surface area contributed by atoms with Crippen molar-refractivity contribution in [2.75, 3.05) is 5.32 Å². The fraction of sp³-hybridized carbons (Fsp3) is 0.217. The monoisotopic (exact) mass is 471 g/mol. The Morgan fingerprint density at radius 1 is 1.19 bits per heavy atom. The molecule has 0 unspecified atom stereocenters. The molecule has 4 rings (SSSR count). The number of aliphatic carboxylic acids is 1. The maximum absolute atomic E-state index is 13.0. The summed E-state index contributed by atoms with van der Waals surface area (Å²) >= 11 is 12.6. The lowest BCUT2D eigenvalue weighted by Crippen LogP contribution is -2.37. The number of carboxylic acids is 1. The highest BCUT2D eigenvalue weighted by molar-refractivity contribution is 6.37. The Balaban J connectivity index is 1.77. The van der Waals surface area contributed by atoms with Gasteiger partial charge >= 0.3 is 5.97 Å². The molecule has 2 N–H and O–H groups in total. The first-order valence-corrected chi connectivity index (χ1v) is 10.6. The van der Waals surface area contributed by atoms with Crippen LogP contribution in [0.2, 0.25) is 10.0 Å². The molecular weight excluding hydrogens is 453 g/mol. The molecular formula is C23H19Cl2N3O4. The van der Waals surface area contributed by atoms with Crippen molar-refractivity contribution in [2.45, 2.75) is 26.8 Å². The number of anilines is 1. The second-order valence-electron chi connectivity index (χ2n) is 8.06. The Kier molecular flexibility index (Phi) is 5.56. The summed E-state index contributed by atoms with van der Waals surface area (Å²) in [5.74, 6) is -1.40. The van der Waals surface area contributed by atoms with E-state index in [2.05, 4.69) is 10.3 Å². The maximum atomic E-state index is 13.0. The Bertz CT molecular complexity index is 1360. The number of amides is 1. The molecule has 2 aromatic carbocycles. The van der Waals surface area contributed by atoms with Crippen molar-refractivity contribution in [3.8, 4) is 0 Å². The number of benzene rings is 2. The lowest BCUT2D eigenvalue weighted by atomic mass is 9.92. The van der Waals surface area contributed by atoms with Gasteiger partial charge in [0.15, 0.2) is 0 Å². The van der Waals surface area contributed by atoms with Crippen molar-refractivity contribution in [1.82, 2.24) is 9.55 Å². The highest BCUT2D eigenvalue weighted by Crippen LogP contribution is 2.33. The minimum atomic E-state index is -1.61. The number of nitrogens with one attached hydrogen (secondary N) is 1. The van der Waals surface area contributed by atoms with E-state index in [1.165, 1.54) is 13.8 Å². The fourth-order valence-corrected chi connectivity index (χ4v) is 3.95. The summed E-state index contributed by atoms with van der Waals surface area (Å²) in [5, 5.41) is 13.2. The zero-order valence-electron chi connectivity index (χ0n) is 17.3. The molecule has 2 heterocycles. The normalized spacial score (nSPS) is 14.6. The molecule has 32 heavy (non-hydrogen) atoms. The molecule has 7 nitrogen and oxygen atoms in total. The van der Waals surface area contributed by atoms with E-state index >= 15 is 0 Å². The number of hydrogen-bond donors (Lipinski definition) is 2. The Morgan fingerprint density at radius 3 is 2.53 bits per heavy atom. The third-order valence-electron chi connectivity index (χ3n) is 5.53. The predicted octanol–water partition coefficient (Wildman–Crippen LogP) is 4.70. The first kappa shape index (κ1) is 22.0. The fourth-order valence-electron chi connectivity index (χ4n) is 3.44. The summed E-state index contributed by atoms with van der Waals surface area (Å²) in [5.41, 5.74) is 0.425. The molecule has 1 amide bonds. The van der Waals surface area contributed by atoms with E-state index in [9.17, 15) is 19.5 Å². The minimum Gasteiger partial charge on any atom is -0.480 e. The predicted molar refractivity (Wildman–Crippen MR) is 125 cm³/mol. The topological polar surface area (TPSA) is 101 Å². The van der Waals surface area contributed by atoms with Crippen LogP contribution in [-0.2, 0) is 16.1 Å². The average molecular weight is 472 g/mol. The van der Waals surface area contributed by atoms with E-state index in [-0.39, 0.29) is 5.56 Å². The molecule has 0 saturated heterocycles. The standard InChI is InChI=1S/C23H19Cl2N3O4/c1-23(2,22(31)32)21(30)26-13-6-7-14-18(11-13)27-19-12(8-9-28(19)20(14)29)10-15-16(24)4-3-5-17(15)25/h3-7,10-11H,8-9H2,1-2H3,(H,26,30)(H,31,32)/b12-10+. The van der Waals surface area contributed by atoms with Gasteiger partial charge in [0.25, 0.3) is 5.56 Å². The summed E-state index contributed by atoms with van der Waals surface area (Å²) in [6, 6.07) is 9.93. The summed E-state index contributed by atoms with van der Waals surface area (Å²) in [7, 11) is 0. The van der Waals surface area contributed by atoms with E-state index in [0.29, 0.717) is 51.0 Å². The molecule has 3 aromatic rings. The van der Waals surface area contributed by atoms with Crippen LogP contribution in [0.5, 0.6) is 0 Å². The number of hydrogen-bond acceptors (Lipinski definition) is 4. The van der Waals surface area contributed by atoms with Crippen LogP contribution in [0, 0.1) is 5.41 Å². The molecule has 0 aliphatic carbocycles. The highest BCUT2D eigenvalue weighted by Gasteiger charge is 2.36. The second-order valence-corrected chi connectivity index (χ2v) is 8.88. The van der Waals surface area contributed by atoms with Gasteiger partial charge in [0.2, 0.25) is 5.91 Å². The van der Waals surface area contributed by atoms with E-state index in [1.807, 2.05) is 6.08 Å². The molecule has 1 aliphatic rings. The summed E-state index contributed by atoms with van der Waals surface area (Å²) in [6.45, 7) is 3.12. The Morgan fingerprint density at radius 2 is 1.88 bits per heavy atom. The second kappa shape index (κ2) is 8.07. The quantitative estimate of drug-likeness (QED) is 0.537. The number of allylic oxidation sites excluding steroid dienone is 1. The molecule has 0 radical (unpaired) electrons. The van der Waals surface area contributed by atoms with E-state index in [0.717, 1.165) is 5.57 Å². The van der Waals surface area contributed by atoms with Crippen molar-refractivity contribution in [3.63, 3.8) is 0 Å². The van der Waals surface area contributed by atoms with Gasteiger partial charge in [-0.1, -0.05) is 29.3 Å². The molecule has 9 heteroatoms. The van der Waals surface area contributed by atoms with Crippen LogP contribution in [0.3, 0.4) is 0 Å². The molecule has 0 bridgehead atoms. The van der Waals surface area contributed by atoms with Crippen molar-refractivity contribution < 1.29 is 14.7 Å². The maximum Gasteiger partial charge on any atom is 0.318 e. The van der Waals surface area contributed by atoms with Crippen LogP contribution in [0.15, 0.2) is 41.2 Å².